The van der Waals surface area contributed by atoms with E-state index in [0.717, 1.165) is 0 Å². The topological polar surface area (TPSA) is 0 Å². The quantitative estimate of drug-likeness (QED) is 0.579. The Hall–Kier alpha value is -1.82. The summed E-state index contributed by atoms with van der Waals surface area (Å²) in [6, 6.07) is 17.6. The van der Waals surface area contributed by atoms with Crippen molar-refractivity contribution in [3.63, 3.8) is 0 Å². The van der Waals surface area contributed by atoms with Crippen molar-refractivity contribution in [2.45, 2.75) is 51.9 Å². The lowest BCUT2D eigenvalue weighted by atomic mass is 9.63. The first-order valence-corrected chi connectivity index (χ1v) is 9.16. The summed E-state index contributed by atoms with van der Waals surface area (Å²) >= 11 is 0. The van der Waals surface area contributed by atoms with Gasteiger partial charge in [0.1, 0.15) is 0 Å². The minimum absolute atomic E-state index is 0.634. The third-order valence-corrected chi connectivity index (χ3v) is 5.84. The van der Waals surface area contributed by atoms with Crippen LogP contribution in [0.1, 0.15) is 56.6 Å². The van der Waals surface area contributed by atoms with Gasteiger partial charge in [-0.1, -0.05) is 79.9 Å². The van der Waals surface area contributed by atoms with Gasteiger partial charge in [-0.2, -0.15) is 0 Å². The Labute approximate surface area is 140 Å². The molecule has 2 aromatic rings. The molecule has 0 aliphatic heterocycles. The van der Waals surface area contributed by atoms with E-state index in [-0.39, 0.29) is 0 Å². The van der Waals surface area contributed by atoms with E-state index in [1.807, 2.05) is 0 Å². The Morgan fingerprint density at radius 3 is 2.48 bits per heavy atom. The fourth-order valence-electron chi connectivity index (χ4n) is 4.62. The van der Waals surface area contributed by atoms with E-state index in [9.17, 15) is 0 Å². The van der Waals surface area contributed by atoms with E-state index in [1.165, 1.54) is 67.2 Å². The van der Waals surface area contributed by atoms with Crippen LogP contribution >= 0.6 is 0 Å². The summed E-state index contributed by atoms with van der Waals surface area (Å²) in [6.45, 7) is 2.34. The van der Waals surface area contributed by atoms with E-state index in [2.05, 4.69) is 61.5 Å². The Bertz CT molecular complexity index is 717. The zero-order valence-electron chi connectivity index (χ0n) is 14.1. The van der Waals surface area contributed by atoms with E-state index < -0.39 is 0 Å². The molecule has 0 aromatic heterocycles. The average molecular weight is 302 g/mol. The molecule has 0 heterocycles. The maximum Gasteiger partial charge on any atom is -0.00574 e. The average Bonchev–Trinajstić information content (AvgIpc) is 2.96. The molecule has 0 radical (unpaired) electrons. The van der Waals surface area contributed by atoms with Crippen LogP contribution in [0.4, 0.5) is 0 Å². The summed E-state index contributed by atoms with van der Waals surface area (Å²) in [6.07, 6.45) is 12.1. The Morgan fingerprint density at radius 1 is 0.957 bits per heavy atom. The van der Waals surface area contributed by atoms with Gasteiger partial charge in [-0.25, -0.2) is 0 Å². The van der Waals surface area contributed by atoms with Gasteiger partial charge in [0.2, 0.25) is 0 Å². The predicted molar refractivity (Wildman–Crippen MR) is 99.4 cm³/mol. The molecule has 2 aliphatic carbocycles. The molecule has 4 rings (SSSR count). The summed E-state index contributed by atoms with van der Waals surface area (Å²) in [5.74, 6) is 0. The molecular weight excluding hydrogens is 276 g/mol. The lowest BCUT2D eigenvalue weighted by Crippen LogP contribution is -2.29. The minimum atomic E-state index is 0.634. The second-order valence-corrected chi connectivity index (χ2v) is 7.50. The van der Waals surface area contributed by atoms with Crippen molar-refractivity contribution >= 4 is 6.08 Å². The minimum Gasteiger partial charge on any atom is -0.0654 e. The molecule has 0 amide bonds. The van der Waals surface area contributed by atoms with Gasteiger partial charge in [-0.15, -0.1) is 0 Å². The van der Waals surface area contributed by atoms with Crippen LogP contribution in [-0.4, -0.2) is 0 Å². The van der Waals surface area contributed by atoms with Crippen LogP contribution in [0.25, 0.3) is 17.2 Å². The van der Waals surface area contributed by atoms with Crippen molar-refractivity contribution in [3.8, 4) is 11.1 Å². The molecule has 118 valence electrons. The van der Waals surface area contributed by atoms with E-state index >= 15 is 0 Å². The smallest absolute Gasteiger partial charge is 0.00574 e. The standard InChI is InChI=1S/C23H26/c1-2-12-23(13-7-14-23)17-18-15-20-10-6-11-21(22(20)16-18)19-8-4-3-5-9-19/h3-6,8-11,16H,2,7,12-15,17H2,1H3. The van der Waals surface area contributed by atoms with E-state index in [1.54, 1.807) is 5.57 Å². The highest BCUT2D eigenvalue weighted by molar-refractivity contribution is 5.80. The summed E-state index contributed by atoms with van der Waals surface area (Å²) < 4.78 is 0. The molecule has 1 fully saturated rings. The van der Waals surface area contributed by atoms with Crippen molar-refractivity contribution in [1.82, 2.24) is 0 Å². The van der Waals surface area contributed by atoms with Crippen molar-refractivity contribution in [3.05, 3.63) is 65.2 Å². The maximum absolute atomic E-state index is 2.51. The summed E-state index contributed by atoms with van der Waals surface area (Å²) in [7, 11) is 0. The van der Waals surface area contributed by atoms with Crippen LogP contribution in [0.5, 0.6) is 0 Å². The highest BCUT2D eigenvalue weighted by Crippen LogP contribution is 2.51. The highest BCUT2D eigenvalue weighted by Gasteiger charge is 2.37. The first kappa shape index (κ1) is 14.8. The third kappa shape index (κ3) is 2.76. The first-order valence-electron chi connectivity index (χ1n) is 9.16. The van der Waals surface area contributed by atoms with Crippen LogP contribution in [0.2, 0.25) is 0 Å². The molecule has 0 spiro atoms. The number of hydrogen-bond acceptors (Lipinski definition) is 0. The van der Waals surface area contributed by atoms with Crippen molar-refractivity contribution < 1.29 is 0 Å². The molecule has 2 aromatic carbocycles. The normalized spacial score (nSPS) is 18.2. The lowest BCUT2D eigenvalue weighted by molar-refractivity contribution is 0.118. The third-order valence-electron chi connectivity index (χ3n) is 5.84. The molecular formula is C23H26. The van der Waals surface area contributed by atoms with Gasteiger partial charge in [-0.05, 0) is 59.8 Å². The Morgan fingerprint density at radius 2 is 1.78 bits per heavy atom. The van der Waals surface area contributed by atoms with Gasteiger partial charge in [0.05, 0.1) is 0 Å². The number of fused-ring (bicyclic) bond motifs is 1. The SMILES string of the molecule is CCCC1(CC2=Cc3c(cccc3-c3ccccc3)C2)CCC1. The maximum atomic E-state index is 2.51. The predicted octanol–water partition coefficient (Wildman–Crippen LogP) is 6.65. The van der Waals surface area contributed by atoms with Crippen LogP contribution < -0.4 is 0 Å². The summed E-state index contributed by atoms with van der Waals surface area (Å²) in [5, 5.41) is 0. The highest BCUT2D eigenvalue weighted by atomic mass is 14.4. The molecule has 0 N–H and O–H groups in total. The second-order valence-electron chi connectivity index (χ2n) is 7.50. The molecule has 23 heavy (non-hydrogen) atoms. The molecule has 0 heteroatoms. The van der Waals surface area contributed by atoms with Crippen LogP contribution in [0, 0.1) is 5.41 Å². The molecule has 0 bridgehead atoms. The molecule has 0 atom stereocenters. The summed E-state index contributed by atoms with van der Waals surface area (Å²) in [4.78, 5) is 0. The summed E-state index contributed by atoms with van der Waals surface area (Å²) in [5.41, 5.74) is 8.03. The van der Waals surface area contributed by atoms with Gasteiger partial charge >= 0.3 is 0 Å². The number of rotatable bonds is 5. The van der Waals surface area contributed by atoms with Gasteiger partial charge in [0.25, 0.3) is 0 Å². The van der Waals surface area contributed by atoms with Gasteiger partial charge in [0, 0.05) is 0 Å². The van der Waals surface area contributed by atoms with Crippen LogP contribution in [0.3, 0.4) is 0 Å². The zero-order valence-corrected chi connectivity index (χ0v) is 14.1. The van der Waals surface area contributed by atoms with Crippen molar-refractivity contribution in [2.75, 3.05) is 0 Å². The van der Waals surface area contributed by atoms with Crippen molar-refractivity contribution in [1.29, 1.82) is 0 Å². The van der Waals surface area contributed by atoms with Crippen molar-refractivity contribution in [2.24, 2.45) is 5.41 Å². The fraction of sp³-hybridized carbons (Fsp3) is 0.391. The lowest BCUT2D eigenvalue weighted by Gasteiger charge is -2.42. The molecule has 0 saturated heterocycles. The second kappa shape index (κ2) is 6.00. The zero-order chi connectivity index (χ0) is 15.7. The number of allylic oxidation sites excluding steroid dienone is 1. The number of benzene rings is 2. The Kier molecular flexibility index (Phi) is 3.85. The first-order chi connectivity index (χ1) is 11.3. The molecule has 0 nitrogen and oxygen atoms in total. The van der Waals surface area contributed by atoms with E-state index in [0.29, 0.717) is 5.41 Å². The van der Waals surface area contributed by atoms with Gasteiger partial charge in [-0.3, -0.25) is 0 Å². The van der Waals surface area contributed by atoms with E-state index in [4.69, 9.17) is 0 Å². The molecule has 2 aliphatic rings. The molecule has 1 saturated carbocycles. The molecule has 0 unspecified atom stereocenters. The van der Waals surface area contributed by atoms with Gasteiger partial charge < -0.3 is 0 Å². The van der Waals surface area contributed by atoms with Crippen LogP contribution in [-0.2, 0) is 6.42 Å². The monoisotopic (exact) mass is 302 g/mol. The number of hydrogen-bond donors (Lipinski definition) is 0. The largest absolute Gasteiger partial charge is 0.0654 e. The Balaban J connectivity index is 1.63. The fourth-order valence-corrected chi connectivity index (χ4v) is 4.62. The van der Waals surface area contributed by atoms with Gasteiger partial charge in [0.15, 0.2) is 0 Å². The van der Waals surface area contributed by atoms with Crippen LogP contribution in [0.15, 0.2) is 54.1 Å².